The normalized spacial score (nSPS) is 9.24. The highest BCUT2D eigenvalue weighted by molar-refractivity contribution is 5.46. The van der Waals surface area contributed by atoms with Gasteiger partial charge in [-0.1, -0.05) is 17.9 Å². The van der Waals surface area contributed by atoms with Crippen molar-refractivity contribution < 1.29 is 9.84 Å². The van der Waals surface area contributed by atoms with Gasteiger partial charge in [-0.2, -0.15) is 0 Å². The molecule has 0 radical (unpaired) electrons. The highest BCUT2D eigenvalue weighted by Gasteiger charge is 1.92. The largest absolute Gasteiger partial charge is 0.508 e. The summed E-state index contributed by atoms with van der Waals surface area (Å²) in [5.41, 5.74) is 1.77. The molecule has 0 atom stereocenters. The zero-order chi connectivity index (χ0) is 12.1. The van der Waals surface area contributed by atoms with Gasteiger partial charge in [0, 0.05) is 11.1 Å². The van der Waals surface area contributed by atoms with Crippen LogP contribution in [0, 0.1) is 11.8 Å². The Morgan fingerprint density at radius 2 is 1.65 bits per heavy atom. The number of ether oxygens (including phenoxy) is 1. The molecule has 0 aliphatic carbocycles. The van der Waals surface area contributed by atoms with E-state index in [4.69, 9.17) is 9.84 Å². The van der Waals surface area contributed by atoms with E-state index in [2.05, 4.69) is 11.8 Å². The Bertz CT molecular complexity index is 559. The van der Waals surface area contributed by atoms with E-state index in [0.717, 1.165) is 16.9 Å². The second kappa shape index (κ2) is 5.09. The molecule has 0 amide bonds. The van der Waals surface area contributed by atoms with Crippen molar-refractivity contribution in [2.75, 3.05) is 7.11 Å². The number of methoxy groups -OCH3 is 1. The second-order valence-corrected chi connectivity index (χ2v) is 3.53. The molecule has 0 saturated heterocycles. The molecule has 0 aromatic heterocycles. The maximum absolute atomic E-state index is 9.15. The van der Waals surface area contributed by atoms with Crippen LogP contribution in [0.15, 0.2) is 48.5 Å². The van der Waals surface area contributed by atoms with E-state index in [1.807, 2.05) is 24.3 Å². The molecule has 17 heavy (non-hydrogen) atoms. The third kappa shape index (κ3) is 3.02. The van der Waals surface area contributed by atoms with Crippen molar-refractivity contribution in [2.24, 2.45) is 0 Å². The predicted octanol–water partition coefficient (Wildman–Crippen LogP) is 2.80. The minimum absolute atomic E-state index is 0.247. The smallest absolute Gasteiger partial charge is 0.120 e. The monoisotopic (exact) mass is 224 g/mol. The highest BCUT2D eigenvalue weighted by atomic mass is 16.5. The summed E-state index contributed by atoms with van der Waals surface area (Å²) in [6, 6.07) is 14.4. The van der Waals surface area contributed by atoms with Gasteiger partial charge in [0.1, 0.15) is 11.5 Å². The fraction of sp³-hybridized carbons (Fsp3) is 0.0667. The van der Waals surface area contributed by atoms with Gasteiger partial charge in [0.05, 0.1) is 7.11 Å². The minimum Gasteiger partial charge on any atom is -0.508 e. The molecule has 2 nitrogen and oxygen atoms in total. The molecule has 2 heteroatoms. The van der Waals surface area contributed by atoms with Gasteiger partial charge < -0.3 is 9.84 Å². The van der Waals surface area contributed by atoms with Crippen LogP contribution < -0.4 is 4.74 Å². The molecule has 2 aromatic carbocycles. The summed E-state index contributed by atoms with van der Waals surface area (Å²) >= 11 is 0. The van der Waals surface area contributed by atoms with Crippen molar-refractivity contribution >= 4 is 0 Å². The summed E-state index contributed by atoms with van der Waals surface area (Å²) in [7, 11) is 1.63. The van der Waals surface area contributed by atoms with Crippen molar-refractivity contribution in [1.82, 2.24) is 0 Å². The number of hydrogen-bond donors (Lipinski definition) is 1. The summed E-state index contributed by atoms with van der Waals surface area (Å²) in [5, 5.41) is 9.15. The lowest BCUT2D eigenvalue weighted by molar-refractivity contribution is 0.414. The number of phenolic OH excluding ortho intramolecular Hbond substituents is 1. The quantitative estimate of drug-likeness (QED) is 0.755. The van der Waals surface area contributed by atoms with E-state index < -0.39 is 0 Å². The highest BCUT2D eigenvalue weighted by Crippen LogP contribution is 2.12. The molecule has 0 fully saturated rings. The van der Waals surface area contributed by atoms with Gasteiger partial charge in [0.15, 0.2) is 0 Å². The summed E-state index contributed by atoms with van der Waals surface area (Å²) in [5.74, 6) is 7.11. The molecule has 84 valence electrons. The van der Waals surface area contributed by atoms with Crippen LogP contribution in [0.2, 0.25) is 0 Å². The molecule has 0 heterocycles. The first-order valence-corrected chi connectivity index (χ1v) is 5.23. The van der Waals surface area contributed by atoms with Crippen LogP contribution in [0.4, 0.5) is 0 Å². The van der Waals surface area contributed by atoms with Crippen LogP contribution in [-0.2, 0) is 0 Å². The number of rotatable bonds is 1. The number of benzene rings is 2. The van der Waals surface area contributed by atoms with E-state index in [0.29, 0.717) is 0 Å². The Kier molecular flexibility index (Phi) is 3.32. The lowest BCUT2D eigenvalue weighted by Crippen LogP contribution is -1.83. The summed E-state index contributed by atoms with van der Waals surface area (Å²) < 4.78 is 5.12. The first-order chi connectivity index (χ1) is 8.28. The fourth-order valence-electron chi connectivity index (χ4n) is 1.39. The zero-order valence-electron chi connectivity index (χ0n) is 9.47. The van der Waals surface area contributed by atoms with Crippen LogP contribution in [0.5, 0.6) is 11.5 Å². The van der Waals surface area contributed by atoms with E-state index in [1.54, 1.807) is 31.4 Å². The van der Waals surface area contributed by atoms with Crippen LogP contribution in [-0.4, -0.2) is 12.2 Å². The maximum Gasteiger partial charge on any atom is 0.120 e. The molecular weight excluding hydrogens is 212 g/mol. The summed E-state index contributed by atoms with van der Waals surface area (Å²) in [6.07, 6.45) is 0. The predicted molar refractivity (Wildman–Crippen MR) is 67.1 cm³/mol. The summed E-state index contributed by atoms with van der Waals surface area (Å²) in [4.78, 5) is 0. The van der Waals surface area contributed by atoms with E-state index in [1.165, 1.54) is 0 Å². The van der Waals surface area contributed by atoms with Gasteiger partial charge in [-0.15, -0.1) is 0 Å². The Balaban J connectivity index is 2.23. The SMILES string of the molecule is COc1cccc(C#Cc2ccc(O)cc2)c1. The van der Waals surface area contributed by atoms with E-state index in [-0.39, 0.29) is 5.75 Å². The van der Waals surface area contributed by atoms with Gasteiger partial charge in [0.25, 0.3) is 0 Å². The first kappa shape index (κ1) is 11.1. The Hall–Kier alpha value is -2.40. The number of aromatic hydroxyl groups is 1. The second-order valence-electron chi connectivity index (χ2n) is 3.53. The fourth-order valence-corrected chi connectivity index (χ4v) is 1.39. The molecule has 0 spiro atoms. The minimum atomic E-state index is 0.247. The standard InChI is InChI=1S/C15H12O2/c1-17-15-4-2-3-13(11-15)6-5-12-7-9-14(16)10-8-12/h2-4,7-11,16H,1H3. The van der Waals surface area contributed by atoms with E-state index in [9.17, 15) is 0 Å². The summed E-state index contributed by atoms with van der Waals surface area (Å²) in [6.45, 7) is 0. The average Bonchev–Trinajstić information content (AvgIpc) is 2.38. The molecule has 0 aliphatic rings. The molecular formula is C15H12O2. The maximum atomic E-state index is 9.15. The molecule has 0 bridgehead atoms. The Labute approximate surface area is 100 Å². The van der Waals surface area contributed by atoms with Crippen LogP contribution in [0.1, 0.15) is 11.1 Å². The lowest BCUT2D eigenvalue weighted by atomic mass is 10.2. The van der Waals surface area contributed by atoms with Gasteiger partial charge in [-0.25, -0.2) is 0 Å². The topological polar surface area (TPSA) is 29.5 Å². The Morgan fingerprint density at radius 3 is 2.35 bits per heavy atom. The van der Waals surface area contributed by atoms with E-state index >= 15 is 0 Å². The third-order valence-corrected chi connectivity index (χ3v) is 2.29. The lowest BCUT2D eigenvalue weighted by Gasteiger charge is -1.98. The molecule has 1 N–H and O–H groups in total. The molecule has 0 saturated carbocycles. The van der Waals surface area contributed by atoms with Crippen LogP contribution >= 0.6 is 0 Å². The molecule has 2 rings (SSSR count). The first-order valence-electron chi connectivity index (χ1n) is 5.23. The van der Waals surface area contributed by atoms with Crippen molar-refractivity contribution in [2.45, 2.75) is 0 Å². The Morgan fingerprint density at radius 1 is 0.941 bits per heavy atom. The van der Waals surface area contributed by atoms with Crippen molar-refractivity contribution in [1.29, 1.82) is 0 Å². The van der Waals surface area contributed by atoms with Crippen molar-refractivity contribution in [3.8, 4) is 23.3 Å². The third-order valence-electron chi connectivity index (χ3n) is 2.29. The van der Waals surface area contributed by atoms with Gasteiger partial charge in [0.2, 0.25) is 0 Å². The van der Waals surface area contributed by atoms with Gasteiger partial charge >= 0.3 is 0 Å². The molecule has 0 aliphatic heterocycles. The van der Waals surface area contributed by atoms with Crippen molar-refractivity contribution in [3.05, 3.63) is 59.7 Å². The average molecular weight is 224 g/mol. The van der Waals surface area contributed by atoms with Crippen LogP contribution in [0.3, 0.4) is 0 Å². The van der Waals surface area contributed by atoms with Crippen LogP contribution in [0.25, 0.3) is 0 Å². The van der Waals surface area contributed by atoms with Crippen molar-refractivity contribution in [3.63, 3.8) is 0 Å². The molecule has 0 unspecified atom stereocenters. The van der Waals surface area contributed by atoms with Gasteiger partial charge in [-0.3, -0.25) is 0 Å². The zero-order valence-corrected chi connectivity index (χ0v) is 9.47. The van der Waals surface area contributed by atoms with Gasteiger partial charge in [-0.05, 0) is 42.5 Å². The molecule has 2 aromatic rings. The number of hydrogen-bond acceptors (Lipinski definition) is 2. The number of phenols is 1.